The highest BCUT2D eigenvalue weighted by atomic mass is 16.4. The molecule has 1 aliphatic rings. The highest BCUT2D eigenvalue weighted by molar-refractivity contribution is 5.66. The molecule has 1 N–H and O–H groups in total. The minimum atomic E-state index is -0.708. The van der Waals surface area contributed by atoms with Crippen LogP contribution in [0.1, 0.15) is 12.0 Å². The summed E-state index contributed by atoms with van der Waals surface area (Å²) in [5.74, 6) is -0.708. The van der Waals surface area contributed by atoms with Crippen molar-refractivity contribution in [2.75, 3.05) is 39.3 Å². The Kier molecular flexibility index (Phi) is 5.30. The van der Waals surface area contributed by atoms with E-state index in [2.05, 4.69) is 26.9 Å². The highest BCUT2D eigenvalue weighted by Crippen LogP contribution is 2.05. The normalized spacial score (nSPS) is 17.5. The molecule has 0 aromatic carbocycles. The lowest BCUT2D eigenvalue weighted by Gasteiger charge is -2.34. The van der Waals surface area contributed by atoms with Gasteiger partial charge in [-0.25, -0.2) is 0 Å². The van der Waals surface area contributed by atoms with Crippen LogP contribution in [-0.4, -0.2) is 65.1 Å². The van der Waals surface area contributed by atoms with Crippen LogP contribution in [0.2, 0.25) is 0 Å². The molecule has 1 aromatic rings. The number of hydrogen-bond acceptors (Lipinski definition) is 4. The van der Waals surface area contributed by atoms with E-state index in [0.29, 0.717) is 6.54 Å². The molecule has 0 radical (unpaired) electrons. The first-order valence-corrected chi connectivity index (χ1v) is 6.79. The van der Waals surface area contributed by atoms with Gasteiger partial charge in [-0.3, -0.25) is 9.78 Å². The maximum absolute atomic E-state index is 10.5. The Morgan fingerprint density at radius 1 is 1.11 bits per heavy atom. The maximum atomic E-state index is 10.5. The molecule has 0 unspecified atom stereocenters. The van der Waals surface area contributed by atoms with Crippen LogP contribution in [0.15, 0.2) is 24.5 Å². The Hall–Kier alpha value is -1.46. The molecule has 5 nitrogen and oxygen atoms in total. The van der Waals surface area contributed by atoms with E-state index in [1.165, 1.54) is 5.56 Å². The minimum absolute atomic E-state index is 0.247. The van der Waals surface area contributed by atoms with E-state index in [-0.39, 0.29) is 6.42 Å². The van der Waals surface area contributed by atoms with Crippen LogP contribution in [0.25, 0.3) is 0 Å². The molecule has 104 valence electrons. The number of carboxylic acids is 1. The molecule has 0 amide bonds. The van der Waals surface area contributed by atoms with E-state index in [1.807, 2.05) is 12.4 Å². The minimum Gasteiger partial charge on any atom is -0.481 e. The second kappa shape index (κ2) is 7.21. The fourth-order valence-corrected chi connectivity index (χ4v) is 2.33. The van der Waals surface area contributed by atoms with Gasteiger partial charge >= 0.3 is 5.97 Å². The lowest BCUT2D eigenvalue weighted by molar-refractivity contribution is -0.137. The lowest BCUT2D eigenvalue weighted by atomic mass is 10.2. The molecule has 1 aromatic heterocycles. The largest absolute Gasteiger partial charge is 0.481 e. The van der Waals surface area contributed by atoms with Crippen LogP contribution in [-0.2, 0) is 11.2 Å². The average molecular weight is 263 g/mol. The monoisotopic (exact) mass is 263 g/mol. The van der Waals surface area contributed by atoms with E-state index in [1.54, 1.807) is 0 Å². The van der Waals surface area contributed by atoms with Crippen LogP contribution in [0.5, 0.6) is 0 Å². The standard InChI is InChI=1S/C14H21N3O2/c18-14(19)4-8-17-11-9-16(10-12-17)7-3-13-1-5-15-6-2-13/h1-2,5-6H,3-4,7-12H2,(H,18,19). The van der Waals surface area contributed by atoms with Gasteiger partial charge in [0.2, 0.25) is 0 Å². The van der Waals surface area contributed by atoms with Crippen molar-refractivity contribution >= 4 is 5.97 Å². The molecule has 0 spiro atoms. The van der Waals surface area contributed by atoms with E-state index in [9.17, 15) is 4.79 Å². The maximum Gasteiger partial charge on any atom is 0.304 e. The van der Waals surface area contributed by atoms with Crippen molar-refractivity contribution in [2.24, 2.45) is 0 Å². The molecule has 5 heteroatoms. The number of rotatable bonds is 6. The van der Waals surface area contributed by atoms with Gasteiger partial charge in [0.05, 0.1) is 6.42 Å². The third-order valence-corrected chi connectivity index (χ3v) is 3.57. The number of carbonyl (C=O) groups is 1. The van der Waals surface area contributed by atoms with E-state index in [0.717, 1.165) is 39.1 Å². The number of aliphatic carboxylic acids is 1. The van der Waals surface area contributed by atoms with Crippen molar-refractivity contribution in [2.45, 2.75) is 12.8 Å². The molecule has 0 saturated carbocycles. The molecule has 2 heterocycles. The number of pyridine rings is 1. The van der Waals surface area contributed by atoms with Crippen molar-refractivity contribution in [1.29, 1.82) is 0 Å². The molecule has 1 fully saturated rings. The summed E-state index contributed by atoms with van der Waals surface area (Å²) in [4.78, 5) is 19.2. The lowest BCUT2D eigenvalue weighted by Crippen LogP contribution is -2.47. The SMILES string of the molecule is O=C(O)CCN1CCN(CCc2ccncc2)CC1. The van der Waals surface area contributed by atoms with Gasteiger partial charge < -0.3 is 14.9 Å². The summed E-state index contributed by atoms with van der Waals surface area (Å²) in [7, 11) is 0. The average Bonchev–Trinajstić information content (AvgIpc) is 2.45. The van der Waals surface area contributed by atoms with Crippen molar-refractivity contribution in [3.05, 3.63) is 30.1 Å². The first kappa shape index (κ1) is 14.0. The highest BCUT2D eigenvalue weighted by Gasteiger charge is 2.16. The smallest absolute Gasteiger partial charge is 0.304 e. The second-order valence-electron chi connectivity index (χ2n) is 4.93. The molecule has 0 aliphatic carbocycles. The quantitative estimate of drug-likeness (QED) is 0.819. The molecule has 1 saturated heterocycles. The number of piperazine rings is 1. The van der Waals surface area contributed by atoms with Crippen molar-refractivity contribution in [3.63, 3.8) is 0 Å². The summed E-state index contributed by atoms with van der Waals surface area (Å²) in [5.41, 5.74) is 1.32. The predicted molar refractivity (Wildman–Crippen MR) is 73.1 cm³/mol. The van der Waals surface area contributed by atoms with Crippen LogP contribution in [0.3, 0.4) is 0 Å². The van der Waals surface area contributed by atoms with Gasteiger partial charge in [0.15, 0.2) is 0 Å². The molecule has 2 rings (SSSR count). The Balaban J connectivity index is 1.65. The van der Waals surface area contributed by atoms with Gasteiger partial charge in [0, 0.05) is 51.7 Å². The fourth-order valence-electron chi connectivity index (χ4n) is 2.33. The van der Waals surface area contributed by atoms with Crippen LogP contribution in [0, 0.1) is 0 Å². The Morgan fingerprint density at radius 3 is 2.26 bits per heavy atom. The number of nitrogens with zero attached hydrogens (tertiary/aromatic N) is 3. The molecular formula is C14H21N3O2. The number of carboxylic acid groups (broad SMARTS) is 1. The summed E-state index contributed by atoms with van der Waals surface area (Å²) in [5, 5.41) is 8.66. The van der Waals surface area contributed by atoms with Crippen molar-refractivity contribution in [3.8, 4) is 0 Å². The molecule has 19 heavy (non-hydrogen) atoms. The third-order valence-electron chi connectivity index (χ3n) is 3.57. The Bertz CT molecular complexity index is 389. The van der Waals surface area contributed by atoms with E-state index >= 15 is 0 Å². The zero-order valence-corrected chi connectivity index (χ0v) is 11.2. The predicted octanol–water partition coefficient (Wildman–Crippen LogP) is 0.716. The van der Waals surface area contributed by atoms with Gasteiger partial charge in [-0.05, 0) is 24.1 Å². The Labute approximate surface area is 113 Å². The van der Waals surface area contributed by atoms with Crippen molar-refractivity contribution < 1.29 is 9.90 Å². The fraction of sp³-hybridized carbons (Fsp3) is 0.571. The topological polar surface area (TPSA) is 56.7 Å². The molecule has 1 aliphatic heterocycles. The second-order valence-corrected chi connectivity index (χ2v) is 4.93. The van der Waals surface area contributed by atoms with Crippen LogP contribution < -0.4 is 0 Å². The van der Waals surface area contributed by atoms with E-state index < -0.39 is 5.97 Å². The van der Waals surface area contributed by atoms with Gasteiger partial charge in [-0.2, -0.15) is 0 Å². The third kappa shape index (κ3) is 4.96. The molecule has 0 atom stereocenters. The van der Waals surface area contributed by atoms with Crippen molar-refractivity contribution in [1.82, 2.24) is 14.8 Å². The van der Waals surface area contributed by atoms with Crippen LogP contribution in [0.4, 0.5) is 0 Å². The molecule has 0 bridgehead atoms. The summed E-state index contributed by atoms with van der Waals surface area (Å²) >= 11 is 0. The number of hydrogen-bond donors (Lipinski definition) is 1. The number of aromatic nitrogens is 1. The summed E-state index contributed by atoms with van der Waals surface area (Å²) in [6, 6.07) is 4.12. The van der Waals surface area contributed by atoms with Gasteiger partial charge in [-0.15, -0.1) is 0 Å². The zero-order chi connectivity index (χ0) is 13.5. The van der Waals surface area contributed by atoms with Gasteiger partial charge in [0.1, 0.15) is 0 Å². The van der Waals surface area contributed by atoms with Gasteiger partial charge in [0.25, 0.3) is 0 Å². The van der Waals surface area contributed by atoms with E-state index in [4.69, 9.17) is 5.11 Å². The van der Waals surface area contributed by atoms with Crippen LogP contribution >= 0.6 is 0 Å². The van der Waals surface area contributed by atoms with Gasteiger partial charge in [-0.1, -0.05) is 0 Å². The summed E-state index contributed by atoms with van der Waals surface area (Å²) < 4.78 is 0. The Morgan fingerprint density at radius 2 is 1.68 bits per heavy atom. The molecular weight excluding hydrogens is 242 g/mol. The summed E-state index contributed by atoms with van der Waals surface area (Å²) in [6.07, 6.45) is 4.97. The first-order chi connectivity index (χ1) is 9.24. The summed E-state index contributed by atoms with van der Waals surface area (Å²) in [6.45, 7) is 5.76. The zero-order valence-electron chi connectivity index (χ0n) is 11.2. The first-order valence-electron chi connectivity index (χ1n) is 6.79.